The van der Waals surface area contributed by atoms with Crippen molar-refractivity contribution in [3.8, 4) is 0 Å². The highest BCUT2D eigenvalue weighted by molar-refractivity contribution is 7.18. The molecule has 0 aliphatic carbocycles. The van der Waals surface area contributed by atoms with Crippen LogP contribution >= 0.6 is 11.3 Å². The maximum Gasteiger partial charge on any atom is 0.416 e. The molecule has 26 heavy (non-hydrogen) atoms. The van der Waals surface area contributed by atoms with Crippen molar-refractivity contribution in [3.05, 3.63) is 58.6 Å². The fourth-order valence-corrected chi connectivity index (χ4v) is 3.66. The van der Waals surface area contributed by atoms with Crippen molar-refractivity contribution in [2.45, 2.75) is 32.4 Å². The van der Waals surface area contributed by atoms with Gasteiger partial charge in [0, 0.05) is 12.1 Å². The average Bonchev–Trinajstić information content (AvgIpc) is 2.98. The molecule has 0 fully saturated rings. The number of carbonyl (C=O) groups excluding carboxylic acids is 1. The van der Waals surface area contributed by atoms with Crippen LogP contribution in [0.4, 0.5) is 18.9 Å². The molecular weight excluding hydrogens is 361 g/mol. The Kier molecular flexibility index (Phi) is 5.27. The number of para-hydroxylation sites is 1. The molecule has 0 bridgehead atoms. The lowest BCUT2D eigenvalue weighted by Gasteiger charge is -2.12. The van der Waals surface area contributed by atoms with Gasteiger partial charge >= 0.3 is 6.18 Å². The second-order valence-electron chi connectivity index (χ2n) is 6.00. The van der Waals surface area contributed by atoms with Gasteiger partial charge in [-0.3, -0.25) is 4.79 Å². The largest absolute Gasteiger partial charge is 0.416 e. The minimum absolute atomic E-state index is 0.131. The minimum atomic E-state index is -4.43. The molecule has 1 aromatic heterocycles. The molecule has 1 N–H and O–H groups in total. The summed E-state index contributed by atoms with van der Waals surface area (Å²) in [6.07, 6.45) is -2.96. The van der Waals surface area contributed by atoms with E-state index in [1.54, 1.807) is 11.3 Å². The van der Waals surface area contributed by atoms with E-state index < -0.39 is 11.7 Å². The monoisotopic (exact) mass is 378 g/mol. The maximum atomic E-state index is 12.9. The minimum Gasteiger partial charge on any atom is -0.326 e. The van der Waals surface area contributed by atoms with Crippen molar-refractivity contribution in [3.63, 3.8) is 0 Å². The topological polar surface area (TPSA) is 42.0 Å². The van der Waals surface area contributed by atoms with Gasteiger partial charge in [0.1, 0.15) is 0 Å². The van der Waals surface area contributed by atoms with Gasteiger partial charge in [-0.05, 0) is 49.6 Å². The van der Waals surface area contributed by atoms with Crippen LogP contribution in [0.2, 0.25) is 0 Å². The number of anilines is 1. The summed E-state index contributed by atoms with van der Waals surface area (Å²) in [4.78, 5) is 16.5. The zero-order chi connectivity index (χ0) is 18.7. The van der Waals surface area contributed by atoms with Crippen LogP contribution in [0.1, 0.15) is 29.0 Å². The van der Waals surface area contributed by atoms with E-state index in [1.807, 2.05) is 24.3 Å². The van der Waals surface area contributed by atoms with Crippen LogP contribution in [0, 0.1) is 6.92 Å². The van der Waals surface area contributed by atoms with E-state index in [2.05, 4.69) is 10.3 Å². The van der Waals surface area contributed by atoms with Crippen molar-refractivity contribution < 1.29 is 18.0 Å². The van der Waals surface area contributed by atoms with E-state index >= 15 is 0 Å². The van der Waals surface area contributed by atoms with Crippen molar-refractivity contribution in [2.75, 3.05) is 5.32 Å². The molecule has 0 saturated carbocycles. The van der Waals surface area contributed by atoms with Crippen LogP contribution < -0.4 is 5.32 Å². The molecule has 3 rings (SSSR count). The normalized spacial score (nSPS) is 11.7. The van der Waals surface area contributed by atoms with Gasteiger partial charge in [0.25, 0.3) is 0 Å². The predicted molar refractivity (Wildman–Crippen MR) is 97.4 cm³/mol. The van der Waals surface area contributed by atoms with Crippen LogP contribution in [0.3, 0.4) is 0 Å². The van der Waals surface area contributed by atoms with Crippen LogP contribution in [0.5, 0.6) is 0 Å². The van der Waals surface area contributed by atoms with Crippen LogP contribution in [0.15, 0.2) is 42.5 Å². The van der Waals surface area contributed by atoms with Crippen LogP contribution in [-0.2, 0) is 17.4 Å². The van der Waals surface area contributed by atoms with Crippen molar-refractivity contribution in [1.29, 1.82) is 0 Å². The molecule has 1 heterocycles. The first kappa shape index (κ1) is 18.4. The highest BCUT2D eigenvalue weighted by Crippen LogP contribution is 2.33. The summed E-state index contributed by atoms with van der Waals surface area (Å²) in [5, 5.41) is 3.49. The Labute approximate surface area is 152 Å². The maximum absolute atomic E-state index is 12.9. The number of carbonyl (C=O) groups is 1. The summed E-state index contributed by atoms with van der Waals surface area (Å²) in [6.45, 7) is 1.40. The van der Waals surface area contributed by atoms with Crippen molar-refractivity contribution in [1.82, 2.24) is 4.98 Å². The van der Waals surface area contributed by atoms with E-state index in [0.29, 0.717) is 12.8 Å². The highest BCUT2D eigenvalue weighted by atomic mass is 32.1. The third-order valence-corrected chi connectivity index (χ3v) is 5.06. The Bertz CT molecular complexity index is 901. The summed E-state index contributed by atoms with van der Waals surface area (Å²) in [6, 6.07) is 11.6. The third-order valence-electron chi connectivity index (χ3n) is 3.96. The summed E-state index contributed by atoms with van der Waals surface area (Å²) < 4.78 is 39.9. The van der Waals surface area contributed by atoms with E-state index in [1.165, 1.54) is 19.1 Å². The summed E-state index contributed by atoms with van der Waals surface area (Å²) in [7, 11) is 0. The molecule has 2 aromatic carbocycles. The molecule has 0 aliphatic rings. The molecule has 0 saturated heterocycles. The molecule has 0 spiro atoms. The standard InChI is InChI=1S/C19H17F3N2OS/c1-12-9-10-13(11-14(12)19(20,21)22)23-17(25)7-4-8-18-24-15-5-2-3-6-16(15)26-18/h2-3,5-6,9-11H,4,7-8H2,1H3,(H,23,25). The Hall–Kier alpha value is -2.41. The molecule has 0 radical (unpaired) electrons. The third kappa shape index (κ3) is 4.40. The first-order valence-electron chi connectivity index (χ1n) is 8.15. The second-order valence-corrected chi connectivity index (χ2v) is 7.12. The summed E-state index contributed by atoms with van der Waals surface area (Å²) in [5.74, 6) is -0.303. The van der Waals surface area contributed by atoms with Gasteiger partial charge in [0.2, 0.25) is 5.91 Å². The molecule has 3 aromatic rings. The first-order valence-corrected chi connectivity index (χ1v) is 8.97. The smallest absolute Gasteiger partial charge is 0.326 e. The number of hydrogen-bond donors (Lipinski definition) is 1. The lowest BCUT2D eigenvalue weighted by atomic mass is 10.1. The molecule has 0 aliphatic heterocycles. The number of aromatic nitrogens is 1. The Morgan fingerprint density at radius 3 is 2.69 bits per heavy atom. The van der Waals surface area contributed by atoms with Gasteiger partial charge in [0.05, 0.1) is 20.8 Å². The second kappa shape index (κ2) is 7.45. The average molecular weight is 378 g/mol. The number of nitrogens with one attached hydrogen (secondary N) is 1. The molecule has 1 amide bonds. The Morgan fingerprint density at radius 2 is 1.96 bits per heavy atom. The Balaban J connectivity index is 1.56. The SMILES string of the molecule is Cc1ccc(NC(=O)CCCc2nc3ccccc3s2)cc1C(F)(F)F. The van der Waals surface area contributed by atoms with Gasteiger partial charge in [-0.15, -0.1) is 11.3 Å². The molecule has 0 unspecified atom stereocenters. The molecular formula is C19H17F3N2OS. The van der Waals surface area contributed by atoms with E-state index in [4.69, 9.17) is 0 Å². The zero-order valence-electron chi connectivity index (χ0n) is 14.1. The number of nitrogens with zero attached hydrogens (tertiary/aromatic N) is 1. The quantitative estimate of drug-likeness (QED) is 0.629. The zero-order valence-corrected chi connectivity index (χ0v) is 14.9. The summed E-state index contributed by atoms with van der Waals surface area (Å²) in [5.41, 5.74) is 0.500. The number of benzene rings is 2. The number of halogens is 3. The van der Waals surface area contributed by atoms with Crippen molar-refractivity contribution in [2.24, 2.45) is 0 Å². The molecule has 3 nitrogen and oxygen atoms in total. The van der Waals surface area contributed by atoms with Gasteiger partial charge in [-0.2, -0.15) is 13.2 Å². The number of hydrogen-bond acceptors (Lipinski definition) is 3. The number of alkyl halides is 3. The van der Waals surface area contributed by atoms with E-state index in [-0.39, 0.29) is 23.6 Å². The Morgan fingerprint density at radius 1 is 1.19 bits per heavy atom. The van der Waals surface area contributed by atoms with Gasteiger partial charge in [0.15, 0.2) is 0 Å². The van der Waals surface area contributed by atoms with Crippen LogP contribution in [-0.4, -0.2) is 10.9 Å². The van der Waals surface area contributed by atoms with Gasteiger partial charge < -0.3 is 5.32 Å². The molecule has 0 atom stereocenters. The summed E-state index contributed by atoms with van der Waals surface area (Å²) >= 11 is 1.59. The lowest BCUT2D eigenvalue weighted by molar-refractivity contribution is -0.138. The number of amides is 1. The van der Waals surface area contributed by atoms with E-state index in [0.717, 1.165) is 21.3 Å². The number of aryl methyl sites for hydroxylation is 2. The fraction of sp³-hybridized carbons (Fsp3) is 0.263. The van der Waals surface area contributed by atoms with Gasteiger partial charge in [-0.1, -0.05) is 18.2 Å². The lowest BCUT2D eigenvalue weighted by Crippen LogP contribution is -2.13. The van der Waals surface area contributed by atoms with E-state index in [9.17, 15) is 18.0 Å². The highest BCUT2D eigenvalue weighted by Gasteiger charge is 2.32. The molecule has 136 valence electrons. The first-order chi connectivity index (χ1) is 12.3. The molecule has 7 heteroatoms. The van der Waals surface area contributed by atoms with Crippen molar-refractivity contribution >= 4 is 33.1 Å². The predicted octanol–water partition coefficient (Wildman–Crippen LogP) is 5.58. The van der Waals surface area contributed by atoms with Gasteiger partial charge in [-0.25, -0.2) is 4.98 Å². The fourth-order valence-electron chi connectivity index (χ4n) is 2.66. The number of thiazole rings is 1. The number of rotatable bonds is 5. The number of fused-ring (bicyclic) bond motifs is 1. The van der Waals surface area contributed by atoms with Crippen LogP contribution in [0.25, 0.3) is 10.2 Å².